The molecule has 0 aromatic rings. The van der Waals surface area contributed by atoms with E-state index in [-0.39, 0.29) is 11.3 Å². The zero-order valence-electron chi connectivity index (χ0n) is 10.2. The fourth-order valence-corrected chi connectivity index (χ4v) is 1.85. The average molecular weight is 212 g/mol. The molecule has 15 heavy (non-hydrogen) atoms. The monoisotopic (exact) mass is 212 g/mol. The second-order valence-corrected chi connectivity index (χ2v) is 4.98. The summed E-state index contributed by atoms with van der Waals surface area (Å²) in [6.07, 6.45) is 4.40. The maximum atomic E-state index is 11.9. The van der Waals surface area contributed by atoms with E-state index in [1.165, 1.54) is 12.8 Å². The summed E-state index contributed by atoms with van der Waals surface area (Å²) in [5, 5.41) is 3.11. The lowest BCUT2D eigenvalue weighted by Crippen LogP contribution is -2.44. The van der Waals surface area contributed by atoms with Crippen LogP contribution in [0.5, 0.6) is 0 Å². The molecule has 3 nitrogen and oxygen atoms in total. The van der Waals surface area contributed by atoms with Crippen molar-refractivity contribution in [3.05, 3.63) is 0 Å². The molecule has 1 rings (SSSR count). The van der Waals surface area contributed by atoms with Gasteiger partial charge < -0.3 is 11.1 Å². The Morgan fingerprint density at radius 1 is 1.53 bits per heavy atom. The molecule has 3 atom stereocenters. The molecule has 0 radical (unpaired) electrons. The number of carbonyl (C=O) groups is 1. The third kappa shape index (κ3) is 2.94. The van der Waals surface area contributed by atoms with Crippen LogP contribution in [0.2, 0.25) is 0 Å². The van der Waals surface area contributed by atoms with Gasteiger partial charge in [0.2, 0.25) is 5.91 Å². The van der Waals surface area contributed by atoms with Gasteiger partial charge in [-0.1, -0.05) is 20.3 Å². The maximum Gasteiger partial charge on any atom is 0.227 e. The summed E-state index contributed by atoms with van der Waals surface area (Å²) in [5.41, 5.74) is 5.27. The topological polar surface area (TPSA) is 55.1 Å². The number of amides is 1. The van der Waals surface area contributed by atoms with Crippen LogP contribution in [-0.4, -0.2) is 18.5 Å². The standard InChI is InChI=1S/C12H24N2O/c1-4-6-9-7-10(9)14-11(15)12(3,5-2)8-13/h9-10H,4-8,13H2,1-3H3,(H,14,15). The zero-order valence-corrected chi connectivity index (χ0v) is 10.2. The smallest absolute Gasteiger partial charge is 0.227 e. The first kappa shape index (κ1) is 12.5. The molecule has 0 aromatic heterocycles. The van der Waals surface area contributed by atoms with Gasteiger partial charge in [-0.2, -0.15) is 0 Å². The number of hydrogen-bond acceptors (Lipinski definition) is 2. The van der Waals surface area contributed by atoms with Gasteiger partial charge in [-0.15, -0.1) is 0 Å². The van der Waals surface area contributed by atoms with Crippen molar-refractivity contribution >= 4 is 5.91 Å². The SMILES string of the molecule is CCCC1CC1NC(=O)C(C)(CC)CN. The van der Waals surface area contributed by atoms with Crippen molar-refractivity contribution in [3.8, 4) is 0 Å². The highest BCUT2D eigenvalue weighted by Crippen LogP contribution is 2.35. The predicted molar refractivity (Wildman–Crippen MR) is 62.4 cm³/mol. The summed E-state index contributed by atoms with van der Waals surface area (Å²) >= 11 is 0. The van der Waals surface area contributed by atoms with Crippen LogP contribution >= 0.6 is 0 Å². The molecule has 0 aliphatic heterocycles. The highest BCUT2D eigenvalue weighted by molar-refractivity contribution is 5.83. The van der Waals surface area contributed by atoms with Crippen molar-refractivity contribution in [2.75, 3.05) is 6.54 Å². The van der Waals surface area contributed by atoms with Crippen LogP contribution in [0.4, 0.5) is 0 Å². The molecular weight excluding hydrogens is 188 g/mol. The Kier molecular flexibility index (Phi) is 4.14. The van der Waals surface area contributed by atoms with E-state index in [0.717, 1.165) is 18.8 Å². The van der Waals surface area contributed by atoms with Gasteiger partial charge in [-0.25, -0.2) is 0 Å². The van der Waals surface area contributed by atoms with Crippen LogP contribution in [0.25, 0.3) is 0 Å². The number of hydrogen-bond donors (Lipinski definition) is 2. The van der Waals surface area contributed by atoms with Crippen molar-refractivity contribution in [2.24, 2.45) is 17.1 Å². The fourth-order valence-electron chi connectivity index (χ4n) is 1.85. The molecule has 1 aliphatic carbocycles. The summed E-state index contributed by atoms with van der Waals surface area (Å²) in [7, 11) is 0. The molecule has 88 valence electrons. The molecule has 0 bridgehead atoms. The summed E-state index contributed by atoms with van der Waals surface area (Å²) < 4.78 is 0. The van der Waals surface area contributed by atoms with Crippen LogP contribution < -0.4 is 11.1 Å². The quantitative estimate of drug-likeness (QED) is 0.703. The third-order valence-corrected chi connectivity index (χ3v) is 3.68. The van der Waals surface area contributed by atoms with E-state index in [4.69, 9.17) is 5.73 Å². The van der Waals surface area contributed by atoms with Crippen molar-refractivity contribution in [2.45, 2.75) is 52.5 Å². The Morgan fingerprint density at radius 3 is 2.67 bits per heavy atom. The molecule has 3 heteroatoms. The van der Waals surface area contributed by atoms with Crippen molar-refractivity contribution in [1.29, 1.82) is 0 Å². The molecule has 3 N–H and O–H groups in total. The van der Waals surface area contributed by atoms with Gasteiger partial charge in [0.25, 0.3) is 0 Å². The second-order valence-electron chi connectivity index (χ2n) is 4.98. The number of nitrogens with two attached hydrogens (primary N) is 1. The Morgan fingerprint density at radius 2 is 2.20 bits per heavy atom. The summed E-state index contributed by atoms with van der Waals surface area (Å²) in [4.78, 5) is 11.9. The van der Waals surface area contributed by atoms with Gasteiger partial charge in [0.15, 0.2) is 0 Å². The van der Waals surface area contributed by atoms with Gasteiger partial charge in [0, 0.05) is 12.6 Å². The van der Waals surface area contributed by atoms with E-state index >= 15 is 0 Å². The molecular formula is C12H24N2O. The van der Waals surface area contributed by atoms with E-state index in [2.05, 4.69) is 12.2 Å². The fraction of sp³-hybridized carbons (Fsp3) is 0.917. The van der Waals surface area contributed by atoms with Crippen molar-refractivity contribution in [3.63, 3.8) is 0 Å². The lowest BCUT2D eigenvalue weighted by Gasteiger charge is -2.25. The Bertz CT molecular complexity index is 224. The molecule has 0 heterocycles. The van der Waals surface area contributed by atoms with Gasteiger partial charge in [0.05, 0.1) is 5.41 Å². The van der Waals surface area contributed by atoms with E-state index in [9.17, 15) is 4.79 Å². The van der Waals surface area contributed by atoms with Crippen LogP contribution in [0.3, 0.4) is 0 Å². The number of nitrogens with one attached hydrogen (secondary N) is 1. The predicted octanol–water partition coefficient (Wildman–Crippen LogP) is 1.67. The summed E-state index contributed by atoms with van der Waals surface area (Å²) in [6.45, 7) is 6.58. The van der Waals surface area contributed by atoms with Crippen molar-refractivity contribution in [1.82, 2.24) is 5.32 Å². The van der Waals surface area contributed by atoms with Gasteiger partial charge in [-0.3, -0.25) is 4.79 Å². The summed E-state index contributed by atoms with van der Waals surface area (Å²) in [6, 6.07) is 0.426. The van der Waals surface area contributed by atoms with Gasteiger partial charge in [0.1, 0.15) is 0 Å². The van der Waals surface area contributed by atoms with E-state index < -0.39 is 0 Å². The number of carbonyl (C=O) groups excluding carboxylic acids is 1. The lowest BCUT2D eigenvalue weighted by atomic mass is 9.86. The largest absolute Gasteiger partial charge is 0.353 e. The third-order valence-electron chi connectivity index (χ3n) is 3.68. The number of rotatable bonds is 6. The molecule has 1 fully saturated rings. The molecule has 0 saturated heterocycles. The van der Waals surface area contributed by atoms with Crippen LogP contribution in [-0.2, 0) is 4.79 Å². The second kappa shape index (κ2) is 4.97. The first-order chi connectivity index (χ1) is 7.07. The minimum Gasteiger partial charge on any atom is -0.353 e. The molecule has 0 spiro atoms. The first-order valence-corrected chi connectivity index (χ1v) is 6.08. The molecule has 1 saturated carbocycles. The highest BCUT2D eigenvalue weighted by atomic mass is 16.2. The van der Waals surface area contributed by atoms with Crippen LogP contribution in [0, 0.1) is 11.3 Å². The molecule has 3 unspecified atom stereocenters. The molecule has 1 amide bonds. The minimum absolute atomic E-state index is 0.135. The zero-order chi connectivity index (χ0) is 11.5. The highest BCUT2D eigenvalue weighted by Gasteiger charge is 2.40. The van der Waals surface area contributed by atoms with E-state index in [1.54, 1.807) is 0 Å². The Labute approximate surface area is 92.8 Å². The van der Waals surface area contributed by atoms with Gasteiger partial charge >= 0.3 is 0 Å². The molecule has 0 aromatic carbocycles. The lowest BCUT2D eigenvalue weighted by molar-refractivity contribution is -0.130. The maximum absolute atomic E-state index is 11.9. The average Bonchev–Trinajstić information content (AvgIpc) is 2.95. The minimum atomic E-state index is -0.376. The Balaban J connectivity index is 2.37. The van der Waals surface area contributed by atoms with E-state index in [1.807, 2.05) is 13.8 Å². The van der Waals surface area contributed by atoms with Crippen LogP contribution in [0.15, 0.2) is 0 Å². The Hall–Kier alpha value is -0.570. The van der Waals surface area contributed by atoms with Gasteiger partial charge in [-0.05, 0) is 32.1 Å². The first-order valence-electron chi connectivity index (χ1n) is 6.08. The normalized spacial score (nSPS) is 28.3. The van der Waals surface area contributed by atoms with Crippen molar-refractivity contribution < 1.29 is 4.79 Å². The molecule has 1 aliphatic rings. The van der Waals surface area contributed by atoms with Crippen LogP contribution in [0.1, 0.15) is 46.5 Å². The summed E-state index contributed by atoms with van der Waals surface area (Å²) in [5.74, 6) is 0.855. The van der Waals surface area contributed by atoms with E-state index in [0.29, 0.717) is 12.6 Å².